The smallest absolute Gasteiger partial charge is 0.0443 e. The Kier molecular flexibility index (Phi) is 3.53. The van der Waals surface area contributed by atoms with E-state index in [2.05, 4.69) is 54.0 Å². The minimum atomic E-state index is 0.614. The van der Waals surface area contributed by atoms with Crippen LogP contribution in [0, 0.1) is 5.92 Å². The molecule has 2 nitrogen and oxygen atoms in total. The van der Waals surface area contributed by atoms with Crippen LogP contribution in [0.2, 0.25) is 0 Å². The molecule has 3 aliphatic rings. The molecule has 3 aliphatic heterocycles. The summed E-state index contributed by atoms with van der Waals surface area (Å²) in [6.45, 7) is 4.95. The van der Waals surface area contributed by atoms with Crippen LogP contribution in [-0.4, -0.2) is 30.1 Å². The fourth-order valence-corrected chi connectivity index (χ4v) is 3.69. The van der Waals surface area contributed by atoms with Gasteiger partial charge in [-0.05, 0) is 56.5 Å². The largest absolute Gasteiger partial charge is 0.380 e. The molecule has 1 N–H and O–H groups in total. The third kappa shape index (κ3) is 2.26. The summed E-state index contributed by atoms with van der Waals surface area (Å²) in [6, 6.07) is 9.95. The molecule has 1 aromatic rings. The second kappa shape index (κ2) is 5.14. The number of thiol groups is 1. The van der Waals surface area contributed by atoms with E-state index in [-0.39, 0.29) is 0 Å². The molecule has 3 fully saturated rings. The van der Waals surface area contributed by atoms with Crippen LogP contribution >= 0.6 is 12.6 Å². The van der Waals surface area contributed by atoms with Crippen molar-refractivity contribution in [3.05, 3.63) is 29.8 Å². The third-order valence-electron chi connectivity index (χ3n) is 4.62. The molecule has 0 saturated carbocycles. The first-order valence-corrected chi connectivity index (χ1v) is 7.61. The molecule has 0 radical (unpaired) electrons. The first kappa shape index (κ1) is 12.4. The minimum Gasteiger partial charge on any atom is -0.380 e. The Hall–Kier alpha value is -0.670. The second-order valence-corrected chi connectivity index (χ2v) is 5.96. The normalized spacial score (nSPS) is 34.6. The molecule has 2 atom stereocenters. The van der Waals surface area contributed by atoms with Crippen LogP contribution in [0.25, 0.3) is 0 Å². The summed E-state index contributed by atoms with van der Waals surface area (Å²) in [5.41, 5.74) is 2.55. The number of anilines is 1. The molecule has 2 unspecified atom stereocenters. The highest BCUT2D eigenvalue weighted by Crippen LogP contribution is 2.34. The van der Waals surface area contributed by atoms with E-state index >= 15 is 0 Å². The minimum absolute atomic E-state index is 0.614. The Morgan fingerprint density at radius 2 is 2.11 bits per heavy atom. The molecule has 98 valence electrons. The van der Waals surface area contributed by atoms with Crippen molar-refractivity contribution in [3.8, 4) is 0 Å². The van der Waals surface area contributed by atoms with Gasteiger partial charge in [-0.1, -0.05) is 12.1 Å². The third-order valence-corrected chi connectivity index (χ3v) is 4.99. The van der Waals surface area contributed by atoms with Crippen molar-refractivity contribution in [1.29, 1.82) is 0 Å². The molecule has 3 saturated heterocycles. The maximum absolute atomic E-state index is 4.35. The van der Waals surface area contributed by atoms with Crippen molar-refractivity contribution >= 4 is 18.3 Å². The van der Waals surface area contributed by atoms with Gasteiger partial charge in [-0.15, -0.1) is 0 Å². The van der Waals surface area contributed by atoms with Gasteiger partial charge in [0.05, 0.1) is 0 Å². The molecule has 4 rings (SSSR count). The number of hydrogen-bond acceptors (Lipinski definition) is 3. The van der Waals surface area contributed by atoms with E-state index in [4.69, 9.17) is 0 Å². The van der Waals surface area contributed by atoms with Crippen LogP contribution in [0.5, 0.6) is 0 Å². The highest BCUT2D eigenvalue weighted by Gasteiger charge is 2.39. The maximum atomic E-state index is 4.35. The van der Waals surface area contributed by atoms with Gasteiger partial charge in [0, 0.05) is 23.5 Å². The van der Waals surface area contributed by atoms with Gasteiger partial charge in [0.25, 0.3) is 0 Å². The average molecular weight is 262 g/mol. The molecule has 18 heavy (non-hydrogen) atoms. The molecule has 3 heteroatoms. The standard InChI is InChI=1S/C15H22N2S/c1-11-15(13-5-7-17(11)8-6-13)16-14-4-2-3-12(9-14)10-18/h2-4,9,11,13,15-16,18H,5-8,10H2,1H3. The monoisotopic (exact) mass is 262 g/mol. The van der Waals surface area contributed by atoms with E-state index in [0.717, 1.165) is 11.7 Å². The summed E-state index contributed by atoms with van der Waals surface area (Å²) in [5.74, 6) is 1.66. The maximum Gasteiger partial charge on any atom is 0.0443 e. The number of fused-ring (bicyclic) bond motifs is 3. The first-order valence-electron chi connectivity index (χ1n) is 6.98. The summed E-state index contributed by atoms with van der Waals surface area (Å²) in [6.07, 6.45) is 2.71. The number of benzene rings is 1. The lowest BCUT2D eigenvalue weighted by molar-refractivity contribution is 0.0458. The van der Waals surface area contributed by atoms with E-state index in [0.29, 0.717) is 12.1 Å². The summed E-state index contributed by atoms with van der Waals surface area (Å²) in [4.78, 5) is 2.63. The zero-order valence-corrected chi connectivity index (χ0v) is 11.9. The lowest BCUT2D eigenvalue weighted by Gasteiger charge is -2.50. The van der Waals surface area contributed by atoms with Crippen molar-refractivity contribution in [1.82, 2.24) is 4.90 Å². The lowest BCUT2D eigenvalue weighted by Crippen LogP contribution is -2.59. The van der Waals surface area contributed by atoms with Crippen molar-refractivity contribution in [2.45, 2.75) is 37.6 Å². The zero-order chi connectivity index (χ0) is 12.5. The van der Waals surface area contributed by atoms with E-state index in [1.54, 1.807) is 0 Å². The van der Waals surface area contributed by atoms with Gasteiger partial charge in [-0.2, -0.15) is 12.6 Å². The average Bonchev–Trinajstić information content (AvgIpc) is 2.43. The zero-order valence-electron chi connectivity index (χ0n) is 11.0. The van der Waals surface area contributed by atoms with Gasteiger partial charge in [0.2, 0.25) is 0 Å². The predicted molar refractivity (Wildman–Crippen MR) is 80.3 cm³/mol. The molecule has 0 aliphatic carbocycles. The molecular formula is C15H22N2S. The topological polar surface area (TPSA) is 15.3 Å². The molecule has 2 bridgehead atoms. The van der Waals surface area contributed by atoms with Crippen molar-refractivity contribution in [2.24, 2.45) is 5.92 Å². The fourth-order valence-electron chi connectivity index (χ4n) is 3.50. The number of nitrogens with one attached hydrogen (secondary N) is 1. The second-order valence-electron chi connectivity index (χ2n) is 5.64. The Morgan fingerprint density at radius 3 is 2.78 bits per heavy atom. The lowest BCUT2D eigenvalue weighted by atomic mass is 9.79. The Bertz CT molecular complexity index is 411. The van der Waals surface area contributed by atoms with Gasteiger partial charge in [0.15, 0.2) is 0 Å². The number of rotatable bonds is 3. The Balaban J connectivity index is 1.75. The van der Waals surface area contributed by atoms with Crippen LogP contribution in [-0.2, 0) is 5.75 Å². The molecule has 1 aromatic carbocycles. The quantitative estimate of drug-likeness (QED) is 0.814. The molecule has 3 heterocycles. The van der Waals surface area contributed by atoms with Gasteiger partial charge in [-0.3, -0.25) is 4.90 Å². The van der Waals surface area contributed by atoms with Crippen LogP contribution in [0.4, 0.5) is 5.69 Å². The molecule has 0 amide bonds. The van der Waals surface area contributed by atoms with Gasteiger partial charge in [-0.25, -0.2) is 0 Å². The SMILES string of the molecule is CC1C(Nc2cccc(CS)c2)C2CCN1CC2. The van der Waals surface area contributed by atoms with E-state index < -0.39 is 0 Å². The van der Waals surface area contributed by atoms with Gasteiger partial charge < -0.3 is 5.32 Å². The Labute approximate surface area is 115 Å². The van der Waals surface area contributed by atoms with Crippen LogP contribution in [0.15, 0.2) is 24.3 Å². The number of nitrogens with zero attached hydrogens (tertiary/aromatic N) is 1. The number of hydrogen-bond donors (Lipinski definition) is 2. The molecular weight excluding hydrogens is 240 g/mol. The fraction of sp³-hybridized carbons (Fsp3) is 0.600. The van der Waals surface area contributed by atoms with E-state index in [9.17, 15) is 0 Å². The van der Waals surface area contributed by atoms with Crippen molar-refractivity contribution in [3.63, 3.8) is 0 Å². The molecule has 0 spiro atoms. The summed E-state index contributed by atoms with van der Waals surface area (Å²) in [5, 5.41) is 3.76. The Morgan fingerprint density at radius 1 is 1.33 bits per heavy atom. The predicted octanol–water partition coefficient (Wildman–Crippen LogP) is 3.01. The summed E-state index contributed by atoms with van der Waals surface area (Å²) >= 11 is 4.35. The number of piperidine rings is 3. The van der Waals surface area contributed by atoms with Crippen molar-refractivity contribution < 1.29 is 0 Å². The van der Waals surface area contributed by atoms with Crippen molar-refractivity contribution in [2.75, 3.05) is 18.4 Å². The summed E-state index contributed by atoms with van der Waals surface area (Å²) in [7, 11) is 0. The van der Waals surface area contributed by atoms with Gasteiger partial charge >= 0.3 is 0 Å². The summed E-state index contributed by atoms with van der Waals surface area (Å²) < 4.78 is 0. The van der Waals surface area contributed by atoms with Crippen LogP contribution in [0.1, 0.15) is 25.3 Å². The first-order chi connectivity index (χ1) is 8.78. The van der Waals surface area contributed by atoms with Crippen LogP contribution < -0.4 is 5.32 Å². The molecule has 0 aromatic heterocycles. The van der Waals surface area contributed by atoms with E-state index in [1.165, 1.54) is 37.2 Å². The van der Waals surface area contributed by atoms with Gasteiger partial charge in [0.1, 0.15) is 0 Å². The highest BCUT2D eigenvalue weighted by molar-refractivity contribution is 7.79. The van der Waals surface area contributed by atoms with Crippen LogP contribution in [0.3, 0.4) is 0 Å². The highest BCUT2D eigenvalue weighted by atomic mass is 32.1. The van der Waals surface area contributed by atoms with E-state index in [1.807, 2.05) is 0 Å².